The summed E-state index contributed by atoms with van der Waals surface area (Å²) in [5, 5.41) is 0. The van der Waals surface area contributed by atoms with Gasteiger partial charge in [0.15, 0.2) is 0 Å². The number of ether oxygens (including phenoxy) is 1. The number of rotatable bonds is 16. The maximum Gasteiger partial charge on any atom is 0.308 e. The van der Waals surface area contributed by atoms with E-state index in [2.05, 4.69) is 86.7 Å². The van der Waals surface area contributed by atoms with Crippen LogP contribution in [0.4, 0.5) is 0 Å². The minimum atomic E-state index is -0.0288. The molecule has 4 saturated carbocycles. The van der Waals surface area contributed by atoms with E-state index < -0.39 is 0 Å². The van der Waals surface area contributed by atoms with Gasteiger partial charge < -0.3 is 9.53 Å². The monoisotopic (exact) mass is 763 g/mol. The van der Waals surface area contributed by atoms with Crippen molar-refractivity contribution in [2.45, 2.75) is 180 Å². The van der Waals surface area contributed by atoms with Gasteiger partial charge >= 0.3 is 5.97 Å². The Morgan fingerprint density at radius 1 is 0.536 bits per heavy atom. The zero-order chi connectivity index (χ0) is 39.4. The van der Waals surface area contributed by atoms with Crippen LogP contribution in [0.2, 0.25) is 0 Å². The molecule has 308 valence electrons. The van der Waals surface area contributed by atoms with Gasteiger partial charge in [-0.1, -0.05) is 138 Å². The first-order valence-electron chi connectivity index (χ1n) is 23.6. The molecule has 3 heteroatoms. The number of carbonyl (C=O) groups is 2. The van der Waals surface area contributed by atoms with Crippen LogP contribution >= 0.6 is 0 Å². The second-order valence-corrected chi connectivity index (χ2v) is 18.4. The lowest BCUT2D eigenvalue weighted by Gasteiger charge is -2.27. The number of unbranched alkanes of at least 4 members (excludes halogenated alkanes) is 4. The SMILES string of the molecule is CCCCCC1CCC(C=Cc2ccc(C3CCC(C(=O)OC)CC3)cc2)CC1.CCCCCC1CCC(C=Cc2ccc(C3CCC(C=O)CC3)cc2)CC1. The largest absolute Gasteiger partial charge is 0.469 e. The lowest BCUT2D eigenvalue weighted by Crippen LogP contribution is -2.22. The molecular weight excluding hydrogens is 685 g/mol. The van der Waals surface area contributed by atoms with E-state index in [1.165, 1.54) is 145 Å². The number of methoxy groups -OCH3 is 1. The minimum Gasteiger partial charge on any atom is -0.469 e. The minimum absolute atomic E-state index is 0.0288. The molecule has 0 aliphatic heterocycles. The first kappa shape index (κ1) is 44.2. The van der Waals surface area contributed by atoms with Crippen molar-refractivity contribution in [3.8, 4) is 0 Å². The van der Waals surface area contributed by atoms with Gasteiger partial charge in [-0.15, -0.1) is 0 Å². The lowest BCUT2D eigenvalue weighted by atomic mass is 9.78. The van der Waals surface area contributed by atoms with E-state index in [0.717, 1.165) is 68.5 Å². The molecule has 0 atom stereocenters. The van der Waals surface area contributed by atoms with E-state index >= 15 is 0 Å². The quantitative estimate of drug-likeness (QED) is 0.0972. The van der Waals surface area contributed by atoms with Gasteiger partial charge in [-0.05, 0) is 160 Å². The zero-order valence-electron chi connectivity index (χ0n) is 35.8. The summed E-state index contributed by atoms with van der Waals surface area (Å²) >= 11 is 0. The summed E-state index contributed by atoms with van der Waals surface area (Å²) < 4.78 is 4.90. The highest BCUT2D eigenvalue weighted by Gasteiger charge is 2.28. The lowest BCUT2D eigenvalue weighted by molar-refractivity contribution is -0.146. The fourth-order valence-corrected chi connectivity index (χ4v) is 10.4. The molecule has 0 amide bonds. The molecule has 4 aliphatic rings. The van der Waals surface area contributed by atoms with Crippen LogP contribution in [-0.4, -0.2) is 19.4 Å². The Morgan fingerprint density at radius 3 is 1.30 bits per heavy atom. The predicted octanol–water partition coefficient (Wildman–Crippen LogP) is 15.1. The molecular formula is C53H78O3. The number of hydrogen-bond acceptors (Lipinski definition) is 3. The van der Waals surface area contributed by atoms with Crippen molar-refractivity contribution in [2.24, 2.45) is 35.5 Å². The van der Waals surface area contributed by atoms with Gasteiger partial charge in [0, 0.05) is 5.92 Å². The fourth-order valence-electron chi connectivity index (χ4n) is 10.4. The van der Waals surface area contributed by atoms with Gasteiger partial charge in [-0.3, -0.25) is 4.79 Å². The van der Waals surface area contributed by atoms with Crippen LogP contribution in [0.3, 0.4) is 0 Å². The van der Waals surface area contributed by atoms with Gasteiger partial charge in [0.2, 0.25) is 0 Å². The summed E-state index contributed by atoms with van der Waals surface area (Å²) in [4.78, 5) is 22.6. The highest BCUT2D eigenvalue weighted by molar-refractivity contribution is 5.72. The van der Waals surface area contributed by atoms with Crippen molar-refractivity contribution < 1.29 is 14.3 Å². The molecule has 2 aromatic carbocycles. The molecule has 2 aromatic rings. The molecule has 56 heavy (non-hydrogen) atoms. The Labute approximate surface area is 342 Å². The van der Waals surface area contributed by atoms with Gasteiger partial charge in [0.1, 0.15) is 6.29 Å². The van der Waals surface area contributed by atoms with Crippen LogP contribution in [0.5, 0.6) is 0 Å². The Bertz CT molecular complexity index is 1420. The highest BCUT2D eigenvalue weighted by Crippen LogP contribution is 2.38. The second-order valence-electron chi connectivity index (χ2n) is 18.4. The molecule has 0 N–H and O–H groups in total. The third-order valence-corrected chi connectivity index (χ3v) is 14.4. The van der Waals surface area contributed by atoms with Crippen LogP contribution in [0.25, 0.3) is 12.2 Å². The maximum atomic E-state index is 11.7. The van der Waals surface area contributed by atoms with E-state index in [1.54, 1.807) is 0 Å². The molecule has 0 saturated heterocycles. The Morgan fingerprint density at radius 2 is 0.929 bits per heavy atom. The molecule has 0 spiro atoms. The van der Waals surface area contributed by atoms with Crippen LogP contribution < -0.4 is 0 Å². The number of esters is 1. The first-order valence-corrected chi connectivity index (χ1v) is 23.6. The summed E-state index contributed by atoms with van der Waals surface area (Å²) in [5.74, 6) is 5.18. The fraction of sp³-hybridized carbons (Fsp3) is 0.660. The summed E-state index contributed by atoms with van der Waals surface area (Å²) in [6.07, 6.45) is 41.8. The van der Waals surface area contributed by atoms with Gasteiger partial charge in [0.05, 0.1) is 13.0 Å². The van der Waals surface area contributed by atoms with Crippen molar-refractivity contribution in [3.05, 3.63) is 82.9 Å². The third-order valence-electron chi connectivity index (χ3n) is 14.4. The van der Waals surface area contributed by atoms with Gasteiger partial charge in [-0.2, -0.15) is 0 Å². The summed E-state index contributed by atoms with van der Waals surface area (Å²) in [5.41, 5.74) is 5.55. The van der Waals surface area contributed by atoms with Crippen LogP contribution in [-0.2, 0) is 14.3 Å². The van der Waals surface area contributed by atoms with E-state index in [9.17, 15) is 9.59 Å². The molecule has 4 aliphatic carbocycles. The molecule has 6 rings (SSSR count). The van der Waals surface area contributed by atoms with Crippen LogP contribution in [0.15, 0.2) is 60.7 Å². The number of allylic oxidation sites excluding steroid dienone is 2. The van der Waals surface area contributed by atoms with E-state index in [4.69, 9.17) is 4.74 Å². The van der Waals surface area contributed by atoms with Gasteiger partial charge in [0.25, 0.3) is 0 Å². The van der Waals surface area contributed by atoms with Crippen molar-refractivity contribution in [1.82, 2.24) is 0 Å². The van der Waals surface area contributed by atoms with Crippen molar-refractivity contribution >= 4 is 24.4 Å². The number of aldehydes is 1. The Hall–Kier alpha value is -2.94. The van der Waals surface area contributed by atoms with Crippen molar-refractivity contribution in [3.63, 3.8) is 0 Å². The molecule has 0 bridgehead atoms. The van der Waals surface area contributed by atoms with E-state index in [-0.39, 0.29) is 11.9 Å². The number of carbonyl (C=O) groups excluding carboxylic acids is 2. The second kappa shape index (κ2) is 24.7. The molecule has 0 radical (unpaired) electrons. The highest BCUT2D eigenvalue weighted by atomic mass is 16.5. The first-order chi connectivity index (χ1) is 27.5. The molecule has 3 nitrogen and oxygen atoms in total. The smallest absolute Gasteiger partial charge is 0.308 e. The van der Waals surface area contributed by atoms with Crippen LogP contribution in [0.1, 0.15) is 202 Å². The number of benzene rings is 2. The third kappa shape index (κ3) is 14.8. The van der Waals surface area contributed by atoms with E-state index in [0.29, 0.717) is 17.8 Å². The Balaban J connectivity index is 0.000000215. The normalized spacial score (nSPS) is 28.4. The van der Waals surface area contributed by atoms with Gasteiger partial charge in [-0.25, -0.2) is 0 Å². The summed E-state index contributed by atoms with van der Waals surface area (Å²) in [7, 11) is 1.50. The molecule has 0 aromatic heterocycles. The summed E-state index contributed by atoms with van der Waals surface area (Å²) in [6, 6.07) is 18.3. The number of hydrogen-bond donors (Lipinski definition) is 0. The molecule has 0 heterocycles. The van der Waals surface area contributed by atoms with Crippen molar-refractivity contribution in [2.75, 3.05) is 7.11 Å². The average Bonchev–Trinajstić information content (AvgIpc) is 3.26. The summed E-state index contributed by atoms with van der Waals surface area (Å²) in [6.45, 7) is 4.59. The molecule has 4 fully saturated rings. The standard InChI is InChI=1S/C27H40O2.C26H38O/c1-3-4-5-6-21-7-9-22(10-8-21)11-12-23-13-15-24(16-14-23)25-17-19-26(20-18-25)27(28)29-2;1-2-3-4-5-21-6-8-22(9-7-21)10-11-23-12-16-25(17-13-23)26-18-14-24(20-27)15-19-26/h11-16,21-22,25-26H,3-10,17-20H2,1-2H3;10-13,16-17,20-22,24,26H,2-9,14-15,18-19H2,1H3. The average molecular weight is 763 g/mol. The zero-order valence-corrected chi connectivity index (χ0v) is 35.8. The van der Waals surface area contributed by atoms with E-state index in [1.807, 2.05) is 0 Å². The van der Waals surface area contributed by atoms with Crippen LogP contribution in [0, 0.1) is 35.5 Å². The Kier molecular flexibility index (Phi) is 19.5. The maximum absolute atomic E-state index is 11.7. The topological polar surface area (TPSA) is 43.4 Å². The predicted molar refractivity (Wildman–Crippen MR) is 238 cm³/mol. The molecule has 0 unspecified atom stereocenters. The van der Waals surface area contributed by atoms with Crippen molar-refractivity contribution in [1.29, 1.82) is 0 Å².